The molecule has 0 saturated heterocycles. The number of hydrogen-bond donors (Lipinski definition) is 2. The Morgan fingerprint density at radius 1 is 1.44 bits per heavy atom. The molecule has 3 heteroatoms. The SMILES string of the molecule is CCC(C)(C)Nc1ccc(C(C)=O)c(N)c1. The smallest absolute Gasteiger partial charge is 0.161 e. The van der Waals surface area contributed by atoms with Crippen LogP contribution >= 0.6 is 0 Å². The van der Waals surface area contributed by atoms with E-state index in [0.717, 1.165) is 12.1 Å². The Morgan fingerprint density at radius 3 is 2.50 bits per heavy atom. The van der Waals surface area contributed by atoms with Gasteiger partial charge in [-0.05, 0) is 45.4 Å². The van der Waals surface area contributed by atoms with E-state index in [1.54, 1.807) is 6.07 Å². The van der Waals surface area contributed by atoms with Crippen LogP contribution in [-0.2, 0) is 0 Å². The first kappa shape index (κ1) is 12.6. The average molecular weight is 220 g/mol. The molecule has 88 valence electrons. The first-order chi connectivity index (χ1) is 7.35. The first-order valence-corrected chi connectivity index (χ1v) is 5.54. The van der Waals surface area contributed by atoms with Crippen molar-refractivity contribution in [3.05, 3.63) is 23.8 Å². The minimum Gasteiger partial charge on any atom is -0.398 e. The predicted molar refractivity (Wildman–Crippen MR) is 68.9 cm³/mol. The number of carbonyl (C=O) groups excluding carboxylic acids is 1. The van der Waals surface area contributed by atoms with E-state index >= 15 is 0 Å². The van der Waals surface area contributed by atoms with Gasteiger partial charge in [-0.25, -0.2) is 0 Å². The highest BCUT2D eigenvalue weighted by molar-refractivity contribution is 5.99. The van der Waals surface area contributed by atoms with Crippen LogP contribution in [0.15, 0.2) is 18.2 Å². The van der Waals surface area contributed by atoms with Crippen LogP contribution in [0.25, 0.3) is 0 Å². The van der Waals surface area contributed by atoms with Crippen LogP contribution in [0, 0.1) is 0 Å². The molecule has 16 heavy (non-hydrogen) atoms. The van der Waals surface area contributed by atoms with Crippen LogP contribution in [0.2, 0.25) is 0 Å². The van der Waals surface area contributed by atoms with Crippen LogP contribution in [0.1, 0.15) is 44.5 Å². The average Bonchev–Trinajstić information content (AvgIpc) is 2.16. The first-order valence-electron chi connectivity index (χ1n) is 5.54. The lowest BCUT2D eigenvalue weighted by Gasteiger charge is -2.26. The lowest BCUT2D eigenvalue weighted by Crippen LogP contribution is -2.29. The van der Waals surface area contributed by atoms with Gasteiger partial charge in [-0.3, -0.25) is 4.79 Å². The number of benzene rings is 1. The molecule has 3 N–H and O–H groups in total. The van der Waals surface area contributed by atoms with Gasteiger partial charge in [0.25, 0.3) is 0 Å². The zero-order chi connectivity index (χ0) is 12.3. The molecule has 1 aromatic carbocycles. The number of carbonyl (C=O) groups is 1. The van der Waals surface area contributed by atoms with Crippen LogP contribution in [0.4, 0.5) is 11.4 Å². The maximum Gasteiger partial charge on any atom is 0.161 e. The molecule has 0 heterocycles. The fourth-order valence-electron chi connectivity index (χ4n) is 1.44. The highest BCUT2D eigenvalue weighted by Crippen LogP contribution is 2.22. The van der Waals surface area contributed by atoms with Crippen molar-refractivity contribution in [2.24, 2.45) is 0 Å². The predicted octanol–water partition coefficient (Wildman–Crippen LogP) is 3.07. The fraction of sp³-hybridized carbons (Fsp3) is 0.462. The molecule has 1 rings (SSSR count). The monoisotopic (exact) mass is 220 g/mol. The molecule has 0 aliphatic carbocycles. The van der Waals surface area contributed by atoms with E-state index in [1.165, 1.54) is 6.92 Å². The van der Waals surface area contributed by atoms with Crippen LogP contribution in [0.3, 0.4) is 0 Å². The Labute approximate surface area is 97.0 Å². The minimum absolute atomic E-state index is 0.00111. The van der Waals surface area contributed by atoms with E-state index < -0.39 is 0 Å². The number of nitrogens with two attached hydrogens (primary N) is 1. The van der Waals surface area contributed by atoms with E-state index in [0.29, 0.717) is 11.3 Å². The van der Waals surface area contributed by atoms with E-state index in [1.807, 2.05) is 12.1 Å². The van der Waals surface area contributed by atoms with Gasteiger partial charge in [0.1, 0.15) is 0 Å². The maximum absolute atomic E-state index is 11.2. The summed E-state index contributed by atoms with van der Waals surface area (Å²) in [5.74, 6) is -0.00111. The van der Waals surface area contributed by atoms with Gasteiger partial charge >= 0.3 is 0 Å². The highest BCUT2D eigenvalue weighted by atomic mass is 16.1. The van der Waals surface area contributed by atoms with E-state index in [9.17, 15) is 4.79 Å². The van der Waals surface area contributed by atoms with Crippen molar-refractivity contribution in [2.45, 2.75) is 39.7 Å². The molecule has 0 unspecified atom stereocenters. The Balaban J connectivity index is 2.94. The number of nitrogens with one attached hydrogen (secondary N) is 1. The molecule has 0 fully saturated rings. The maximum atomic E-state index is 11.2. The molecular formula is C13H20N2O. The summed E-state index contributed by atoms with van der Waals surface area (Å²) < 4.78 is 0. The largest absolute Gasteiger partial charge is 0.398 e. The Morgan fingerprint density at radius 2 is 2.06 bits per heavy atom. The molecule has 0 atom stereocenters. The number of ketones is 1. The van der Waals surface area contributed by atoms with Gasteiger partial charge in [0.15, 0.2) is 5.78 Å². The highest BCUT2D eigenvalue weighted by Gasteiger charge is 2.15. The van der Waals surface area contributed by atoms with E-state index in [2.05, 4.69) is 26.1 Å². The van der Waals surface area contributed by atoms with Crippen molar-refractivity contribution in [2.75, 3.05) is 11.1 Å². The second-order valence-electron chi connectivity index (χ2n) is 4.72. The molecule has 0 spiro atoms. The van der Waals surface area contributed by atoms with Gasteiger partial charge in [0.2, 0.25) is 0 Å². The molecule has 1 aromatic rings. The standard InChI is InChI=1S/C13H20N2O/c1-5-13(3,4)15-10-6-7-11(9(2)16)12(14)8-10/h6-8,15H,5,14H2,1-4H3. The van der Waals surface area contributed by atoms with E-state index in [4.69, 9.17) is 5.73 Å². The summed E-state index contributed by atoms with van der Waals surface area (Å²) in [6.45, 7) is 7.90. The lowest BCUT2D eigenvalue weighted by molar-refractivity contribution is 0.101. The van der Waals surface area contributed by atoms with Crippen molar-refractivity contribution >= 4 is 17.2 Å². The zero-order valence-corrected chi connectivity index (χ0v) is 10.4. The quantitative estimate of drug-likeness (QED) is 0.605. The summed E-state index contributed by atoms with van der Waals surface area (Å²) in [5, 5.41) is 3.38. The molecule has 0 aromatic heterocycles. The number of anilines is 2. The van der Waals surface area contributed by atoms with Crippen LogP contribution < -0.4 is 11.1 Å². The second kappa shape index (κ2) is 4.56. The summed E-state index contributed by atoms with van der Waals surface area (Å²) in [4.78, 5) is 11.2. The molecule has 3 nitrogen and oxygen atoms in total. The van der Waals surface area contributed by atoms with Crippen molar-refractivity contribution in [1.29, 1.82) is 0 Å². The van der Waals surface area contributed by atoms with Crippen molar-refractivity contribution in [1.82, 2.24) is 0 Å². The molecule has 0 radical (unpaired) electrons. The van der Waals surface area contributed by atoms with Crippen molar-refractivity contribution in [3.63, 3.8) is 0 Å². The third kappa shape index (κ3) is 2.99. The normalized spacial score (nSPS) is 11.2. The molecule has 0 bridgehead atoms. The van der Waals surface area contributed by atoms with Gasteiger partial charge in [0.05, 0.1) is 0 Å². The fourth-order valence-corrected chi connectivity index (χ4v) is 1.44. The summed E-state index contributed by atoms with van der Waals surface area (Å²) in [5.41, 5.74) is 7.92. The summed E-state index contributed by atoms with van der Waals surface area (Å²) in [6, 6.07) is 5.48. The minimum atomic E-state index is -0.00111. The number of Topliss-reactive ketones (excluding diaryl/α,β-unsaturated/α-hetero) is 1. The molecule has 0 aliphatic heterocycles. The summed E-state index contributed by atoms with van der Waals surface area (Å²) >= 11 is 0. The third-order valence-corrected chi connectivity index (χ3v) is 2.80. The lowest BCUT2D eigenvalue weighted by atomic mass is 10.0. The van der Waals surface area contributed by atoms with Gasteiger partial charge in [0, 0.05) is 22.5 Å². The molecule has 0 amide bonds. The number of hydrogen-bond acceptors (Lipinski definition) is 3. The summed E-state index contributed by atoms with van der Waals surface area (Å²) in [6.07, 6.45) is 1.02. The second-order valence-corrected chi connectivity index (χ2v) is 4.72. The number of nitrogen functional groups attached to an aromatic ring is 1. The van der Waals surface area contributed by atoms with Gasteiger partial charge in [-0.2, -0.15) is 0 Å². The Kier molecular flexibility index (Phi) is 3.58. The molecule has 0 aliphatic rings. The van der Waals surface area contributed by atoms with E-state index in [-0.39, 0.29) is 11.3 Å². The van der Waals surface area contributed by atoms with Crippen molar-refractivity contribution < 1.29 is 4.79 Å². The van der Waals surface area contributed by atoms with Crippen LogP contribution in [0.5, 0.6) is 0 Å². The third-order valence-electron chi connectivity index (χ3n) is 2.80. The van der Waals surface area contributed by atoms with Gasteiger partial charge in [-0.1, -0.05) is 6.92 Å². The van der Waals surface area contributed by atoms with Crippen molar-refractivity contribution in [3.8, 4) is 0 Å². The summed E-state index contributed by atoms with van der Waals surface area (Å²) in [7, 11) is 0. The Hall–Kier alpha value is -1.51. The number of rotatable bonds is 4. The van der Waals surface area contributed by atoms with Gasteiger partial charge in [-0.15, -0.1) is 0 Å². The molecule has 0 saturated carbocycles. The van der Waals surface area contributed by atoms with Gasteiger partial charge < -0.3 is 11.1 Å². The Bertz CT molecular complexity index is 397. The zero-order valence-electron chi connectivity index (χ0n) is 10.4. The molecular weight excluding hydrogens is 200 g/mol. The topological polar surface area (TPSA) is 55.1 Å². The van der Waals surface area contributed by atoms with Crippen LogP contribution in [-0.4, -0.2) is 11.3 Å².